The Morgan fingerprint density at radius 3 is 2.38 bits per heavy atom. The fraction of sp³-hybridized carbons (Fsp3) is 0.143. The summed E-state index contributed by atoms with van der Waals surface area (Å²) in [6, 6.07) is 1.79. The Hall–Kier alpha value is -0.830. The van der Waals surface area contributed by atoms with Gasteiger partial charge in [-0.2, -0.15) is 13.2 Å². The van der Waals surface area contributed by atoms with Crippen LogP contribution in [0.15, 0.2) is 21.5 Å². The summed E-state index contributed by atoms with van der Waals surface area (Å²) in [5, 5.41) is 10.4. The minimum absolute atomic E-state index is 0.259. The van der Waals surface area contributed by atoms with E-state index in [0.29, 0.717) is 0 Å². The van der Waals surface area contributed by atoms with Crippen molar-refractivity contribution in [1.29, 1.82) is 0 Å². The molecule has 0 radical (unpaired) electrons. The van der Waals surface area contributed by atoms with Crippen molar-refractivity contribution < 1.29 is 22.5 Å². The van der Waals surface area contributed by atoms with Crippen LogP contribution in [0.5, 0.6) is 0 Å². The molecule has 0 unspecified atom stereocenters. The first kappa shape index (κ1) is 13.2. The van der Waals surface area contributed by atoms with Crippen LogP contribution in [-0.4, -0.2) is 10.4 Å². The number of thioether (sulfide) groups is 1. The molecule has 0 N–H and O–H groups in total. The molecule has 1 aromatic carbocycles. The van der Waals surface area contributed by atoms with Crippen LogP contribution in [-0.2, 0) is 0 Å². The van der Waals surface area contributed by atoms with E-state index in [4.69, 9.17) is 0 Å². The highest BCUT2D eigenvalue weighted by molar-refractivity contribution is 9.10. The van der Waals surface area contributed by atoms with E-state index >= 15 is 0 Å². The van der Waals surface area contributed by atoms with Gasteiger partial charge in [0.25, 0.3) is 5.69 Å². The van der Waals surface area contributed by atoms with Crippen molar-refractivity contribution in [2.24, 2.45) is 0 Å². The van der Waals surface area contributed by atoms with Crippen molar-refractivity contribution in [2.75, 3.05) is 0 Å². The Morgan fingerprint density at radius 1 is 1.38 bits per heavy atom. The number of nitro groups is 1. The highest BCUT2D eigenvalue weighted by Crippen LogP contribution is 2.44. The molecule has 0 aliphatic rings. The third-order valence-electron chi connectivity index (χ3n) is 1.44. The molecule has 0 spiro atoms. The average molecular weight is 320 g/mol. The predicted octanol–water partition coefficient (Wildman–Crippen LogP) is 4.11. The van der Waals surface area contributed by atoms with Gasteiger partial charge >= 0.3 is 5.51 Å². The van der Waals surface area contributed by atoms with E-state index in [1.807, 2.05) is 0 Å². The summed E-state index contributed by atoms with van der Waals surface area (Å²) < 4.78 is 49.2. The smallest absolute Gasteiger partial charge is 0.258 e. The quantitative estimate of drug-likeness (QED) is 0.356. The molecule has 0 amide bonds. The third-order valence-corrected chi connectivity index (χ3v) is 2.88. The lowest BCUT2D eigenvalue weighted by Crippen LogP contribution is -2.03. The first-order valence-corrected chi connectivity index (χ1v) is 5.21. The van der Waals surface area contributed by atoms with Gasteiger partial charge in [-0.25, -0.2) is 4.39 Å². The lowest BCUT2D eigenvalue weighted by atomic mass is 10.3. The van der Waals surface area contributed by atoms with Crippen LogP contribution in [0.25, 0.3) is 0 Å². The largest absolute Gasteiger partial charge is 0.446 e. The van der Waals surface area contributed by atoms with Crippen LogP contribution < -0.4 is 0 Å². The van der Waals surface area contributed by atoms with Gasteiger partial charge in [-0.05, 0) is 33.8 Å². The predicted molar refractivity (Wildman–Crippen MR) is 52.7 cm³/mol. The number of nitro benzene ring substituents is 1. The molecule has 16 heavy (non-hydrogen) atoms. The van der Waals surface area contributed by atoms with E-state index in [2.05, 4.69) is 15.9 Å². The molecular weight excluding hydrogens is 318 g/mol. The van der Waals surface area contributed by atoms with Crippen molar-refractivity contribution >= 4 is 33.4 Å². The van der Waals surface area contributed by atoms with Gasteiger partial charge in [0.2, 0.25) is 0 Å². The zero-order chi connectivity index (χ0) is 12.5. The Morgan fingerprint density at radius 2 is 1.94 bits per heavy atom. The number of halogens is 5. The number of alkyl halides is 3. The van der Waals surface area contributed by atoms with E-state index in [1.54, 1.807) is 0 Å². The van der Waals surface area contributed by atoms with Crippen molar-refractivity contribution in [3.63, 3.8) is 0 Å². The van der Waals surface area contributed by atoms with Crippen LogP contribution >= 0.6 is 27.7 Å². The maximum atomic E-state index is 13.3. The molecule has 1 rings (SSSR count). The lowest BCUT2D eigenvalue weighted by Gasteiger charge is -2.07. The molecule has 9 heteroatoms. The molecule has 0 saturated carbocycles. The first-order chi connectivity index (χ1) is 7.22. The third kappa shape index (κ3) is 3.08. The van der Waals surface area contributed by atoms with Gasteiger partial charge in [0.1, 0.15) is 4.90 Å². The summed E-state index contributed by atoms with van der Waals surface area (Å²) in [5.74, 6) is -1.29. The van der Waals surface area contributed by atoms with E-state index in [9.17, 15) is 27.7 Å². The van der Waals surface area contributed by atoms with Gasteiger partial charge in [0.15, 0.2) is 5.82 Å². The fourth-order valence-corrected chi connectivity index (χ4v) is 2.02. The second kappa shape index (κ2) is 4.58. The summed E-state index contributed by atoms with van der Waals surface area (Å²) in [6.07, 6.45) is 0. The summed E-state index contributed by atoms with van der Waals surface area (Å²) in [6.45, 7) is 0. The Balaban J connectivity index is 3.32. The molecule has 88 valence electrons. The minimum atomic E-state index is -4.79. The first-order valence-electron chi connectivity index (χ1n) is 3.60. The SMILES string of the molecule is O=[N+]([O-])c1ccc(Br)c(F)c1SC(F)(F)F. The topological polar surface area (TPSA) is 43.1 Å². The summed E-state index contributed by atoms with van der Waals surface area (Å²) in [7, 11) is 0. The van der Waals surface area contributed by atoms with Gasteiger partial charge in [-0.1, -0.05) is 0 Å². The number of nitrogens with zero attached hydrogens (tertiary/aromatic N) is 1. The maximum absolute atomic E-state index is 13.3. The van der Waals surface area contributed by atoms with E-state index in [-0.39, 0.29) is 4.47 Å². The van der Waals surface area contributed by atoms with Gasteiger partial charge in [-0.3, -0.25) is 10.1 Å². The minimum Gasteiger partial charge on any atom is -0.258 e. The van der Waals surface area contributed by atoms with Gasteiger partial charge in [0, 0.05) is 6.07 Å². The van der Waals surface area contributed by atoms with Gasteiger partial charge < -0.3 is 0 Å². The van der Waals surface area contributed by atoms with Crippen molar-refractivity contribution in [2.45, 2.75) is 10.4 Å². The normalized spacial score (nSPS) is 11.6. The van der Waals surface area contributed by atoms with Crippen molar-refractivity contribution in [3.8, 4) is 0 Å². The lowest BCUT2D eigenvalue weighted by molar-refractivity contribution is -0.388. The zero-order valence-corrected chi connectivity index (χ0v) is 9.62. The second-order valence-electron chi connectivity index (χ2n) is 2.51. The average Bonchev–Trinajstić information content (AvgIpc) is 2.10. The van der Waals surface area contributed by atoms with Crippen LogP contribution in [0.4, 0.5) is 23.2 Å². The van der Waals surface area contributed by atoms with Crippen molar-refractivity contribution in [3.05, 3.63) is 32.5 Å². The van der Waals surface area contributed by atoms with Gasteiger partial charge in [0.05, 0.1) is 9.40 Å². The molecule has 0 bridgehead atoms. The maximum Gasteiger partial charge on any atom is 0.446 e. The second-order valence-corrected chi connectivity index (χ2v) is 4.44. The van der Waals surface area contributed by atoms with Crippen LogP contribution in [0.3, 0.4) is 0 Å². The number of benzene rings is 1. The monoisotopic (exact) mass is 319 g/mol. The molecule has 1 aromatic rings. The van der Waals surface area contributed by atoms with E-state index in [0.717, 1.165) is 12.1 Å². The summed E-state index contributed by atoms with van der Waals surface area (Å²) in [5.41, 5.74) is -5.70. The van der Waals surface area contributed by atoms with Crippen molar-refractivity contribution in [1.82, 2.24) is 0 Å². The summed E-state index contributed by atoms with van der Waals surface area (Å²) in [4.78, 5) is 8.30. The zero-order valence-electron chi connectivity index (χ0n) is 7.22. The highest BCUT2D eigenvalue weighted by atomic mass is 79.9. The summed E-state index contributed by atoms with van der Waals surface area (Å²) >= 11 is 1.81. The molecule has 0 atom stereocenters. The fourth-order valence-electron chi connectivity index (χ4n) is 0.878. The molecule has 0 heterocycles. The number of rotatable bonds is 2. The van der Waals surface area contributed by atoms with Crippen LogP contribution in [0.1, 0.15) is 0 Å². The Kier molecular flexibility index (Phi) is 3.79. The molecule has 3 nitrogen and oxygen atoms in total. The standard InChI is InChI=1S/C7H2BrF4NO2S/c8-3-1-2-4(13(14)15)6(5(3)9)16-7(10,11)12/h1-2H. The molecule has 0 fully saturated rings. The van der Waals surface area contributed by atoms with Crippen LogP contribution in [0.2, 0.25) is 0 Å². The molecule has 0 aliphatic heterocycles. The molecule has 0 aliphatic carbocycles. The Labute approximate surface area is 99.1 Å². The van der Waals surface area contributed by atoms with Crippen LogP contribution in [0, 0.1) is 15.9 Å². The van der Waals surface area contributed by atoms with Gasteiger partial charge in [-0.15, -0.1) is 0 Å². The molecular formula is C7H2BrF4NO2S. The number of hydrogen-bond acceptors (Lipinski definition) is 3. The molecule has 0 saturated heterocycles. The number of hydrogen-bond donors (Lipinski definition) is 0. The molecule has 0 aromatic heterocycles. The van der Waals surface area contributed by atoms with E-state index in [1.165, 1.54) is 0 Å². The highest BCUT2D eigenvalue weighted by Gasteiger charge is 2.35. The Bertz CT molecular complexity index is 437. The van der Waals surface area contributed by atoms with E-state index < -0.39 is 38.6 Å².